The standard InChI is InChI=1S/C10H13N7O/c1-6-8(9(11)15-13-6)10(18)16-2-3-17-5-12-14-7(17)4-16/h5H,2-4H2,1H3,(H3,11,13,15). The molecule has 3 heterocycles. The summed E-state index contributed by atoms with van der Waals surface area (Å²) in [5.74, 6) is 0.909. The van der Waals surface area contributed by atoms with Gasteiger partial charge in [0.05, 0.1) is 6.54 Å². The molecule has 1 amide bonds. The van der Waals surface area contributed by atoms with Gasteiger partial charge in [-0.1, -0.05) is 0 Å². The zero-order valence-corrected chi connectivity index (χ0v) is 9.92. The quantitative estimate of drug-likeness (QED) is 0.709. The van der Waals surface area contributed by atoms with E-state index in [4.69, 9.17) is 5.73 Å². The van der Waals surface area contributed by atoms with E-state index in [1.807, 2.05) is 4.57 Å². The predicted octanol–water partition coefficient (Wildman–Crippen LogP) is -0.452. The first-order chi connectivity index (χ1) is 8.66. The molecular formula is C10H13N7O. The van der Waals surface area contributed by atoms with Crippen LogP contribution in [0.25, 0.3) is 0 Å². The fourth-order valence-electron chi connectivity index (χ4n) is 2.12. The Hall–Kier alpha value is -2.38. The molecule has 0 saturated carbocycles. The van der Waals surface area contributed by atoms with Crippen LogP contribution in [0.3, 0.4) is 0 Å². The Labute approximate surface area is 103 Å². The maximum absolute atomic E-state index is 12.4. The maximum atomic E-state index is 12.4. The second-order valence-corrected chi connectivity index (χ2v) is 4.28. The lowest BCUT2D eigenvalue weighted by Gasteiger charge is -2.27. The van der Waals surface area contributed by atoms with E-state index in [-0.39, 0.29) is 11.7 Å². The van der Waals surface area contributed by atoms with Gasteiger partial charge < -0.3 is 15.2 Å². The van der Waals surface area contributed by atoms with Gasteiger partial charge in [0, 0.05) is 18.8 Å². The molecule has 2 aromatic heterocycles. The summed E-state index contributed by atoms with van der Waals surface area (Å²) in [5, 5.41) is 14.4. The Kier molecular flexibility index (Phi) is 2.29. The largest absolute Gasteiger partial charge is 0.382 e. The third-order valence-electron chi connectivity index (χ3n) is 3.12. The average molecular weight is 247 g/mol. The second-order valence-electron chi connectivity index (χ2n) is 4.28. The molecule has 0 bridgehead atoms. The number of nitrogens with two attached hydrogens (primary N) is 1. The van der Waals surface area contributed by atoms with E-state index in [0.717, 1.165) is 5.82 Å². The number of rotatable bonds is 1. The van der Waals surface area contributed by atoms with Crippen LogP contribution in [0.2, 0.25) is 0 Å². The zero-order valence-electron chi connectivity index (χ0n) is 9.92. The summed E-state index contributed by atoms with van der Waals surface area (Å²) in [6, 6.07) is 0. The number of carbonyl (C=O) groups excluding carboxylic acids is 1. The van der Waals surface area contributed by atoms with Crippen molar-refractivity contribution in [3.63, 3.8) is 0 Å². The molecule has 0 aliphatic carbocycles. The van der Waals surface area contributed by atoms with Crippen LogP contribution < -0.4 is 5.73 Å². The Morgan fingerprint density at radius 1 is 1.50 bits per heavy atom. The average Bonchev–Trinajstić information content (AvgIpc) is 2.94. The number of aromatic nitrogens is 5. The van der Waals surface area contributed by atoms with Crippen molar-refractivity contribution in [2.45, 2.75) is 20.0 Å². The van der Waals surface area contributed by atoms with Gasteiger partial charge in [-0.05, 0) is 6.92 Å². The number of nitrogens with zero attached hydrogens (tertiary/aromatic N) is 5. The summed E-state index contributed by atoms with van der Waals surface area (Å²) in [5.41, 5.74) is 6.83. The molecule has 0 radical (unpaired) electrons. The molecule has 2 aromatic rings. The van der Waals surface area contributed by atoms with Gasteiger partial charge in [-0.2, -0.15) is 5.10 Å². The van der Waals surface area contributed by atoms with Crippen molar-refractivity contribution in [3.8, 4) is 0 Å². The van der Waals surface area contributed by atoms with Gasteiger partial charge in [0.1, 0.15) is 11.9 Å². The highest BCUT2D eigenvalue weighted by Crippen LogP contribution is 2.18. The Bertz CT molecular complexity index is 580. The van der Waals surface area contributed by atoms with Crippen LogP contribution in [-0.2, 0) is 13.1 Å². The number of aryl methyl sites for hydroxylation is 1. The molecule has 0 saturated heterocycles. The molecule has 0 fully saturated rings. The number of aromatic amines is 1. The Morgan fingerprint density at radius 2 is 2.33 bits per heavy atom. The van der Waals surface area contributed by atoms with Gasteiger partial charge in [0.15, 0.2) is 11.6 Å². The maximum Gasteiger partial charge on any atom is 0.259 e. The van der Waals surface area contributed by atoms with Gasteiger partial charge in [-0.15, -0.1) is 10.2 Å². The monoisotopic (exact) mass is 247 g/mol. The van der Waals surface area contributed by atoms with Crippen LogP contribution in [-0.4, -0.2) is 42.3 Å². The number of anilines is 1. The van der Waals surface area contributed by atoms with Crippen molar-refractivity contribution in [1.82, 2.24) is 29.9 Å². The molecule has 18 heavy (non-hydrogen) atoms. The highest BCUT2D eigenvalue weighted by Gasteiger charge is 2.26. The molecule has 0 atom stereocenters. The summed E-state index contributed by atoms with van der Waals surface area (Å²) < 4.78 is 1.94. The smallest absolute Gasteiger partial charge is 0.259 e. The molecule has 94 valence electrons. The van der Waals surface area contributed by atoms with Crippen LogP contribution in [0.4, 0.5) is 5.82 Å². The van der Waals surface area contributed by atoms with Crippen molar-refractivity contribution >= 4 is 11.7 Å². The fourth-order valence-corrected chi connectivity index (χ4v) is 2.12. The first-order valence-electron chi connectivity index (χ1n) is 5.63. The lowest BCUT2D eigenvalue weighted by atomic mass is 10.2. The molecule has 0 unspecified atom stereocenters. The van der Waals surface area contributed by atoms with E-state index >= 15 is 0 Å². The van der Waals surface area contributed by atoms with Crippen LogP contribution in [0.5, 0.6) is 0 Å². The predicted molar refractivity (Wildman–Crippen MR) is 62.5 cm³/mol. The first kappa shape index (κ1) is 10.8. The van der Waals surface area contributed by atoms with Gasteiger partial charge in [0.2, 0.25) is 0 Å². The minimum absolute atomic E-state index is 0.118. The molecule has 1 aliphatic heterocycles. The number of carbonyl (C=O) groups is 1. The Balaban J connectivity index is 1.87. The number of H-pyrrole nitrogens is 1. The van der Waals surface area contributed by atoms with E-state index in [0.29, 0.717) is 30.9 Å². The first-order valence-corrected chi connectivity index (χ1v) is 5.63. The second kappa shape index (κ2) is 3.83. The molecule has 1 aliphatic rings. The number of amides is 1. The lowest BCUT2D eigenvalue weighted by Crippen LogP contribution is -2.38. The molecule has 3 N–H and O–H groups in total. The van der Waals surface area contributed by atoms with Crippen LogP contribution in [0.15, 0.2) is 6.33 Å². The topological polar surface area (TPSA) is 106 Å². The molecule has 8 nitrogen and oxygen atoms in total. The molecular weight excluding hydrogens is 234 g/mol. The minimum Gasteiger partial charge on any atom is -0.382 e. The zero-order chi connectivity index (χ0) is 12.7. The van der Waals surface area contributed by atoms with E-state index in [9.17, 15) is 4.79 Å². The van der Waals surface area contributed by atoms with Gasteiger partial charge in [0.25, 0.3) is 5.91 Å². The number of hydrogen-bond donors (Lipinski definition) is 2. The van der Waals surface area contributed by atoms with Crippen LogP contribution in [0.1, 0.15) is 21.9 Å². The molecule has 0 aromatic carbocycles. The van der Waals surface area contributed by atoms with Crippen LogP contribution >= 0.6 is 0 Å². The number of fused-ring (bicyclic) bond motifs is 1. The normalized spacial score (nSPS) is 14.6. The van der Waals surface area contributed by atoms with E-state index in [1.165, 1.54) is 0 Å². The number of nitrogen functional groups attached to an aromatic ring is 1. The molecule has 0 spiro atoms. The SMILES string of the molecule is Cc1[nH]nc(N)c1C(=O)N1CCn2cnnc2C1. The highest BCUT2D eigenvalue weighted by atomic mass is 16.2. The lowest BCUT2D eigenvalue weighted by molar-refractivity contribution is 0.0708. The van der Waals surface area contributed by atoms with Crippen LogP contribution in [0, 0.1) is 6.92 Å². The molecule has 3 rings (SSSR count). The van der Waals surface area contributed by atoms with Crippen molar-refractivity contribution in [3.05, 3.63) is 23.4 Å². The van der Waals surface area contributed by atoms with Crippen molar-refractivity contribution in [2.75, 3.05) is 12.3 Å². The molecule has 8 heteroatoms. The van der Waals surface area contributed by atoms with E-state index in [2.05, 4.69) is 20.4 Å². The summed E-state index contributed by atoms with van der Waals surface area (Å²) in [4.78, 5) is 14.1. The van der Waals surface area contributed by atoms with E-state index in [1.54, 1.807) is 18.2 Å². The summed E-state index contributed by atoms with van der Waals surface area (Å²) in [7, 11) is 0. The fraction of sp³-hybridized carbons (Fsp3) is 0.400. The Morgan fingerprint density at radius 3 is 3.06 bits per heavy atom. The van der Waals surface area contributed by atoms with Crippen molar-refractivity contribution < 1.29 is 4.79 Å². The van der Waals surface area contributed by atoms with Gasteiger partial charge >= 0.3 is 0 Å². The third-order valence-corrected chi connectivity index (χ3v) is 3.12. The van der Waals surface area contributed by atoms with Gasteiger partial charge in [-0.3, -0.25) is 9.89 Å². The van der Waals surface area contributed by atoms with Gasteiger partial charge in [-0.25, -0.2) is 0 Å². The summed E-state index contributed by atoms with van der Waals surface area (Å²) in [6.07, 6.45) is 1.68. The van der Waals surface area contributed by atoms with Crippen molar-refractivity contribution in [1.29, 1.82) is 0 Å². The minimum atomic E-state index is -0.118. The number of hydrogen-bond acceptors (Lipinski definition) is 5. The number of nitrogens with one attached hydrogen (secondary N) is 1. The highest BCUT2D eigenvalue weighted by molar-refractivity contribution is 5.99. The summed E-state index contributed by atoms with van der Waals surface area (Å²) >= 11 is 0. The van der Waals surface area contributed by atoms with E-state index < -0.39 is 0 Å². The summed E-state index contributed by atoms with van der Waals surface area (Å²) in [6.45, 7) is 3.55. The third kappa shape index (κ3) is 1.53. The van der Waals surface area contributed by atoms with Crippen molar-refractivity contribution in [2.24, 2.45) is 0 Å².